The van der Waals surface area contributed by atoms with Crippen molar-refractivity contribution in [2.75, 3.05) is 0 Å². The number of carbonyl (C=O) groups is 4. The first-order valence-corrected chi connectivity index (χ1v) is 4.60. The molecule has 0 bridgehead atoms. The average molecular weight is 210 g/mol. The molecule has 6 heteroatoms. The number of cyclic esters (lactones) is 4. The van der Waals surface area contributed by atoms with Gasteiger partial charge in [-0.2, -0.15) is 0 Å². The third kappa shape index (κ3) is 0.886. The topological polar surface area (TPSA) is 86.7 Å². The number of esters is 4. The van der Waals surface area contributed by atoms with Gasteiger partial charge in [0.15, 0.2) is 0 Å². The lowest BCUT2D eigenvalue weighted by molar-refractivity contribution is -0.158. The first-order chi connectivity index (χ1) is 7.09. The third-order valence-corrected chi connectivity index (χ3v) is 3.31. The Morgan fingerprint density at radius 1 is 0.733 bits per heavy atom. The highest BCUT2D eigenvalue weighted by Crippen LogP contribution is 2.49. The van der Waals surface area contributed by atoms with Gasteiger partial charge in [-0.25, -0.2) is 0 Å². The van der Waals surface area contributed by atoms with Crippen LogP contribution < -0.4 is 0 Å². The first-order valence-electron chi connectivity index (χ1n) is 4.60. The van der Waals surface area contributed by atoms with Gasteiger partial charge in [0.05, 0.1) is 23.7 Å². The van der Waals surface area contributed by atoms with E-state index in [0.29, 0.717) is 0 Å². The van der Waals surface area contributed by atoms with E-state index in [1.807, 2.05) is 0 Å². The zero-order valence-corrected chi connectivity index (χ0v) is 7.47. The van der Waals surface area contributed by atoms with Crippen LogP contribution in [0.1, 0.15) is 6.42 Å². The molecule has 3 fully saturated rings. The van der Waals surface area contributed by atoms with E-state index < -0.39 is 47.5 Å². The van der Waals surface area contributed by atoms with Crippen molar-refractivity contribution in [2.24, 2.45) is 23.7 Å². The summed E-state index contributed by atoms with van der Waals surface area (Å²) < 4.78 is 8.85. The monoisotopic (exact) mass is 210 g/mol. The van der Waals surface area contributed by atoms with Gasteiger partial charge in [-0.05, 0) is 6.42 Å². The molecule has 3 aliphatic rings. The molecule has 1 saturated carbocycles. The van der Waals surface area contributed by atoms with Crippen molar-refractivity contribution in [1.29, 1.82) is 0 Å². The van der Waals surface area contributed by atoms with Gasteiger partial charge in [0.1, 0.15) is 0 Å². The second-order valence-corrected chi connectivity index (χ2v) is 3.98. The standard InChI is InChI=1S/C9H6O6/c10-6-2-1-3-5(4(2)8(12)14-6)9(13)15-7(3)11/h2-5H,1H2/t2-,3+,4-,5-/m0/s1. The Labute approximate surface area is 83.5 Å². The Balaban J connectivity index is 2.03. The Kier molecular flexibility index (Phi) is 1.40. The summed E-state index contributed by atoms with van der Waals surface area (Å²) in [4.78, 5) is 45.0. The highest BCUT2D eigenvalue weighted by atomic mass is 16.6. The maximum Gasteiger partial charge on any atom is 0.318 e. The molecule has 4 atom stereocenters. The van der Waals surface area contributed by atoms with Crippen LogP contribution in [0.2, 0.25) is 0 Å². The molecule has 2 saturated heterocycles. The molecule has 2 heterocycles. The lowest BCUT2D eigenvalue weighted by Crippen LogP contribution is -2.24. The summed E-state index contributed by atoms with van der Waals surface area (Å²) in [5.74, 6) is -5.54. The third-order valence-electron chi connectivity index (χ3n) is 3.31. The average Bonchev–Trinajstić information content (AvgIpc) is 2.72. The fourth-order valence-corrected chi connectivity index (χ4v) is 2.66. The van der Waals surface area contributed by atoms with Crippen LogP contribution in [0.25, 0.3) is 0 Å². The van der Waals surface area contributed by atoms with E-state index in [4.69, 9.17) is 0 Å². The van der Waals surface area contributed by atoms with Crippen molar-refractivity contribution >= 4 is 23.9 Å². The Bertz CT molecular complexity index is 373. The minimum Gasteiger partial charge on any atom is -0.393 e. The molecule has 78 valence electrons. The van der Waals surface area contributed by atoms with Crippen molar-refractivity contribution in [1.82, 2.24) is 0 Å². The quantitative estimate of drug-likeness (QED) is 0.377. The van der Waals surface area contributed by atoms with Crippen LogP contribution in [0.15, 0.2) is 0 Å². The van der Waals surface area contributed by atoms with Crippen LogP contribution >= 0.6 is 0 Å². The van der Waals surface area contributed by atoms with E-state index in [0.717, 1.165) is 0 Å². The molecule has 3 rings (SSSR count). The summed E-state index contributed by atoms with van der Waals surface area (Å²) in [6.45, 7) is 0. The minimum absolute atomic E-state index is 0.185. The normalized spacial score (nSPS) is 42.7. The van der Waals surface area contributed by atoms with Gasteiger partial charge in [-0.1, -0.05) is 0 Å². The van der Waals surface area contributed by atoms with Gasteiger partial charge in [0.25, 0.3) is 0 Å². The van der Waals surface area contributed by atoms with E-state index in [2.05, 4.69) is 9.47 Å². The van der Waals surface area contributed by atoms with Crippen LogP contribution in [-0.4, -0.2) is 23.9 Å². The molecule has 0 spiro atoms. The number of carbonyl (C=O) groups excluding carboxylic acids is 4. The molecule has 0 aromatic carbocycles. The summed E-state index contributed by atoms with van der Waals surface area (Å²) in [5, 5.41) is 0. The Morgan fingerprint density at radius 2 is 1.13 bits per heavy atom. The van der Waals surface area contributed by atoms with E-state index in [1.54, 1.807) is 0 Å². The number of ether oxygens (including phenoxy) is 2. The molecule has 15 heavy (non-hydrogen) atoms. The summed E-state index contributed by atoms with van der Waals surface area (Å²) in [7, 11) is 0. The van der Waals surface area contributed by atoms with Crippen molar-refractivity contribution in [3.63, 3.8) is 0 Å². The SMILES string of the molecule is O=C1OC(=O)[C@H]2C[C@H]3C(=O)OC(=O)[C@@H]3[C@@H]12. The zero-order chi connectivity index (χ0) is 10.7. The fourth-order valence-electron chi connectivity index (χ4n) is 2.66. The zero-order valence-electron chi connectivity index (χ0n) is 7.47. The largest absolute Gasteiger partial charge is 0.393 e. The maximum atomic E-state index is 11.3. The lowest BCUT2D eigenvalue weighted by atomic mass is 9.90. The van der Waals surface area contributed by atoms with Crippen LogP contribution in [0, 0.1) is 23.7 Å². The van der Waals surface area contributed by atoms with E-state index in [-0.39, 0.29) is 6.42 Å². The van der Waals surface area contributed by atoms with Crippen LogP contribution in [-0.2, 0) is 28.7 Å². The van der Waals surface area contributed by atoms with Crippen molar-refractivity contribution in [3.05, 3.63) is 0 Å². The van der Waals surface area contributed by atoms with Gasteiger partial charge >= 0.3 is 23.9 Å². The maximum absolute atomic E-state index is 11.3. The molecule has 6 nitrogen and oxygen atoms in total. The predicted molar refractivity (Wildman–Crippen MR) is 40.8 cm³/mol. The lowest BCUT2D eigenvalue weighted by Gasteiger charge is -2.06. The highest BCUT2D eigenvalue weighted by molar-refractivity contribution is 6.05. The summed E-state index contributed by atoms with van der Waals surface area (Å²) in [6, 6.07) is 0. The summed E-state index contributed by atoms with van der Waals surface area (Å²) in [6.07, 6.45) is 0.185. The van der Waals surface area contributed by atoms with Gasteiger partial charge in [0, 0.05) is 0 Å². The molecular weight excluding hydrogens is 204 g/mol. The van der Waals surface area contributed by atoms with Crippen molar-refractivity contribution in [2.45, 2.75) is 6.42 Å². The second-order valence-electron chi connectivity index (χ2n) is 3.98. The smallest absolute Gasteiger partial charge is 0.318 e. The van der Waals surface area contributed by atoms with Gasteiger partial charge < -0.3 is 9.47 Å². The van der Waals surface area contributed by atoms with Crippen LogP contribution in [0.3, 0.4) is 0 Å². The second kappa shape index (κ2) is 2.44. The summed E-state index contributed by atoms with van der Waals surface area (Å²) in [5.41, 5.74) is 0. The first kappa shape index (κ1) is 8.58. The van der Waals surface area contributed by atoms with E-state index in [9.17, 15) is 19.2 Å². The Hall–Kier alpha value is -1.72. The molecule has 0 N–H and O–H groups in total. The Morgan fingerprint density at radius 3 is 1.53 bits per heavy atom. The van der Waals surface area contributed by atoms with E-state index >= 15 is 0 Å². The van der Waals surface area contributed by atoms with E-state index in [1.165, 1.54) is 0 Å². The molecule has 0 radical (unpaired) electrons. The minimum atomic E-state index is -0.804. The van der Waals surface area contributed by atoms with Gasteiger partial charge in [-0.3, -0.25) is 19.2 Å². The van der Waals surface area contributed by atoms with Crippen LogP contribution in [0.4, 0.5) is 0 Å². The number of hydrogen-bond donors (Lipinski definition) is 0. The highest BCUT2D eigenvalue weighted by Gasteiger charge is 2.64. The fraction of sp³-hybridized carbons (Fsp3) is 0.556. The molecule has 0 aromatic rings. The molecule has 1 aliphatic carbocycles. The summed E-state index contributed by atoms with van der Waals surface area (Å²) >= 11 is 0. The number of hydrogen-bond acceptors (Lipinski definition) is 6. The molecular formula is C9H6O6. The molecule has 0 amide bonds. The van der Waals surface area contributed by atoms with Gasteiger partial charge in [-0.15, -0.1) is 0 Å². The van der Waals surface area contributed by atoms with Gasteiger partial charge in [0.2, 0.25) is 0 Å². The number of fused-ring (bicyclic) bond motifs is 3. The predicted octanol–water partition coefficient (Wildman–Crippen LogP) is -0.978. The van der Waals surface area contributed by atoms with Crippen LogP contribution in [0.5, 0.6) is 0 Å². The molecule has 0 unspecified atom stereocenters. The van der Waals surface area contributed by atoms with Crippen molar-refractivity contribution in [3.8, 4) is 0 Å². The molecule has 2 aliphatic heterocycles. The molecule has 0 aromatic heterocycles. The van der Waals surface area contributed by atoms with Crippen molar-refractivity contribution < 1.29 is 28.7 Å². The number of rotatable bonds is 0.